The smallest absolute Gasteiger partial charge is 0.207 e. The van der Waals surface area contributed by atoms with Crippen LogP contribution in [0.5, 0.6) is 0 Å². The lowest BCUT2D eigenvalue weighted by Gasteiger charge is -2.26. The molecule has 0 amide bonds. The molecule has 3 nitrogen and oxygen atoms in total. The van der Waals surface area contributed by atoms with Gasteiger partial charge >= 0.3 is 0 Å². The lowest BCUT2D eigenvalue weighted by Crippen LogP contribution is -2.37. The topological polar surface area (TPSA) is 37.4 Å². The molecule has 1 aliphatic carbocycles. The van der Waals surface area contributed by atoms with Crippen molar-refractivity contribution in [1.29, 1.82) is 0 Å². The van der Waals surface area contributed by atoms with Gasteiger partial charge in [0.25, 0.3) is 0 Å². The third kappa shape index (κ3) is 5.41. The molecule has 0 radical (unpaired) electrons. The third-order valence-corrected chi connectivity index (χ3v) is 8.68. The van der Waals surface area contributed by atoms with Gasteiger partial charge in [-0.05, 0) is 49.5 Å². The van der Waals surface area contributed by atoms with Crippen LogP contribution in [0.15, 0.2) is 77.2 Å². The van der Waals surface area contributed by atoms with E-state index in [2.05, 4.69) is 30.4 Å². The Labute approximate surface area is 193 Å². The average molecular weight is 450 g/mol. The molecule has 1 heterocycles. The van der Waals surface area contributed by atoms with Gasteiger partial charge in [0.15, 0.2) is 0 Å². The summed E-state index contributed by atoms with van der Waals surface area (Å²) >= 11 is 0. The summed E-state index contributed by atoms with van der Waals surface area (Å²) < 4.78 is 29.3. The first-order valence-corrected chi connectivity index (χ1v) is 13.5. The van der Waals surface area contributed by atoms with Crippen molar-refractivity contribution >= 4 is 16.1 Å². The molecule has 2 atom stereocenters. The lowest BCUT2D eigenvalue weighted by atomic mass is 9.89. The zero-order valence-electron chi connectivity index (χ0n) is 19.1. The molecule has 0 spiro atoms. The van der Waals surface area contributed by atoms with Gasteiger partial charge in [-0.3, -0.25) is 0 Å². The Morgan fingerprint density at radius 1 is 0.875 bits per heavy atom. The second-order valence-corrected chi connectivity index (χ2v) is 11.1. The van der Waals surface area contributed by atoms with Crippen molar-refractivity contribution in [2.75, 3.05) is 6.54 Å². The number of sulfonamides is 1. The van der Waals surface area contributed by atoms with Gasteiger partial charge in [-0.25, -0.2) is 8.42 Å². The lowest BCUT2D eigenvalue weighted by molar-refractivity contribution is 0.333. The zero-order chi connectivity index (χ0) is 22.4. The molecular weight excluding hydrogens is 414 g/mol. The fourth-order valence-electron chi connectivity index (χ4n) is 4.98. The largest absolute Gasteiger partial charge is 0.243 e. The summed E-state index contributed by atoms with van der Waals surface area (Å²) in [6.45, 7) is 2.45. The highest BCUT2D eigenvalue weighted by molar-refractivity contribution is 7.89. The van der Waals surface area contributed by atoms with E-state index >= 15 is 0 Å². The highest BCUT2D eigenvalue weighted by Gasteiger charge is 2.42. The minimum absolute atomic E-state index is 0.0214. The van der Waals surface area contributed by atoms with Crippen LogP contribution < -0.4 is 0 Å². The van der Waals surface area contributed by atoms with Crippen molar-refractivity contribution < 1.29 is 8.42 Å². The molecule has 2 aliphatic rings. The summed E-state index contributed by atoms with van der Waals surface area (Å²) in [7, 11) is -3.56. The van der Waals surface area contributed by atoms with Gasteiger partial charge in [0.2, 0.25) is 10.0 Å². The Hall–Kier alpha value is -2.17. The van der Waals surface area contributed by atoms with E-state index in [4.69, 9.17) is 0 Å². The van der Waals surface area contributed by atoms with E-state index < -0.39 is 10.0 Å². The zero-order valence-corrected chi connectivity index (χ0v) is 19.9. The van der Waals surface area contributed by atoms with Crippen LogP contribution in [0, 0.1) is 12.8 Å². The van der Waals surface area contributed by atoms with Gasteiger partial charge < -0.3 is 0 Å². The van der Waals surface area contributed by atoms with Crippen LogP contribution in [-0.4, -0.2) is 25.3 Å². The second kappa shape index (κ2) is 10.6. The van der Waals surface area contributed by atoms with E-state index in [9.17, 15) is 8.42 Å². The first-order chi connectivity index (χ1) is 15.6. The fourth-order valence-corrected chi connectivity index (χ4v) is 6.65. The van der Waals surface area contributed by atoms with E-state index in [1.54, 1.807) is 16.4 Å². The van der Waals surface area contributed by atoms with Crippen LogP contribution in [-0.2, 0) is 10.0 Å². The molecule has 170 valence electrons. The van der Waals surface area contributed by atoms with E-state index in [1.165, 1.54) is 37.7 Å². The maximum absolute atomic E-state index is 13.7. The Morgan fingerprint density at radius 3 is 2.31 bits per heavy atom. The first-order valence-electron chi connectivity index (χ1n) is 12.1. The standard InChI is InChI=1S/C28H35NO2S/c1-23-17-19-26(20-18-23)32(30,31)29-22-25(21-24-13-9-8-10-14-24)27-15-11-6-4-2-3-5-7-12-16-28(27)29/h8-11,13-15,17-21,27-28H,2-7,12,16,22H2,1H3/b15-11+,25-21+/t27-,28+/m1/s1. The Balaban J connectivity index is 1.73. The highest BCUT2D eigenvalue weighted by atomic mass is 32.2. The predicted molar refractivity (Wildman–Crippen MR) is 133 cm³/mol. The molecule has 1 aliphatic heterocycles. The van der Waals surface area contributed by atoms with E-state index in [1.807, 2.05) is 37.3 Å². The van der Waals surface area contributed by atoms with Crippen LogP contribution >= 0.6 is 0 Å². The number of benzene rings is 2. The van der Waals surface area contributed by atoms with Crippen molar-refractivity contribution in [2.45, 2.75) is 69.2 Å². The quantitative estimate of drug-likeness (QED) is 0.486. The predicted octanol–water partition coefficient (Wildman–Crippen LogP) is 6.76. The van der Waals surface area contributed by atoms with E-state index in [0.717, 1.165) is 30.4 Å². The summed E-state index contributed by atoms with van der Waals surface area (Å²) in [6.07, 6.45) is 16.1. The molecule has 32 heavy (non-hydrogen) atoms. The van der Waals surface area contributed by atoms with Crippen LogP contribution in [0.2, 0.25) is 0 Å². The van der Waals surface area contributed by atoms with Gasteiger partial charge in [-0.1, -0.05) is 98.4 Å². The van der Waals surface area contributed by atoms with Crippen LogP contribution in [0.4, 0.5) is 0 Å². The summed E-state index contributed by atoms with van der Waals surface area (Å²) in [5.74, 6) is 0.134. The van der Waals surface area contributed by atoms with Crippen molar-refractivity contribution in [2.24, 2.45) is 5.92 Å². The van der Waals surface area contributed by atoms with Gasteiger partial charge in [0.1, 0.15) is 0 Å². The van der Waals surface area contributed by atoms with E-state index in [0.29, 0.717) is 11.4 Å². The number of hydrogen-bond acceptors (Lipinski definition) is 2. The Kier molecular flexibility index (Phi) is 7.64. The van der Waals surface area contributed by atoms with Crippen LogP contribution in [0.1, 0.15) is 62.5 Å². The molecule has 4 heteroatoms. The Bertz CT molecular complexity index is 1040. The SMILES string of the molecule is Cc1ccc(S(=O)(=O)N2C/C(=C\c3ccccc3)[C@H]3/C=C/CCCCCCCC[C@@H]32)cc1. The molecule has 0 saturated carbocycles. The van der Waals surface area contributed by atoms with Crippen LogP contribution in [0.3, 0.4) is 0 Å². The average Bonchev–Trinajstić information content (AvgIpc) is 3.12. The fraction of sp³-hybridized carbons (Fsp3) is 0.429. The van der Waals surface area contributed by atoms with Gasteiger partial charge in [-0.2, -0.15) is 4.31 Å². The summed E-state index contributed by atoms with van der Waals surface area (Å²) in [4.78, 5) is 0.401. The van der Waals surface area contributed by atoms with Crippen molar-refractivity contribution in [3.8, 4) is 0 Å². The third-order valence-electron chi connectivity index (χ3n) is 6.79. The van der Waals surface area contributed by atoms with E-state index in [-0.39, 0.29) is 12.0 Å². The van der Waals surface area contributed by atoms with Gasteiger partial charge in [0.05, 0.1) is 4.90 Å². The molecule has 0 unspecified atom stereocenters. The molecule has 1 saturated heterocycles. The molecule has 2 aromatic rings. The van der Waals surface area contributed by atoms with Crippen molar-refractivity contribution in [3.05, 3.63) is 83.4 Å². The highest BCUT2D eigenvalue weighted by Crippen LogP contribution is 2.39. The number of fused-ring (bicyclic) bond motifs is 1. The molecule has 0 aromatic heterocycles. The van der Waals surface area contributed by atoms with Crippen molar-refractivity contribution in [3.63, 3.8) is 0 Å². The monoisotopic (exact) mass is 449 g/mol. The van der Waals surface area contributed by atoms with Gasteiger partial charge in [-0.15, -0.1) is 0 Å². The normalized spacial score (nSPS) is 25.6. The summed E-state index contributed by atoms with van der Waals surface area (Å²) in [5.41, 5.74) is 3.40. The maximum atomic E-state index is 13.7. The Morgan fingerprint density at radius 2 is 1.56 bits per heavy atom. The number of allylic oxidation sites excluding steroid dienone is 1. The number of nitrogens with zero attached hydrogens (tertiary/aromatic N) is 1. The maximum Gasteiger partial charge on any atom is 0.243 e. The molecule has 4 rings (SSSR count). The molecule has 0 N–H and O–H groups in total. The molecule has 2 aromatic carbocycles. The summed E-state index contributed by atoms with van der Waals surface area (Å²) in [5, 5.41) is 0. The number of hydrogen-bond donors (Lipinski definition) is 0. The minimum Gasteiger partial charge on any atom is -0.207 e. The minimum atomic E-state index is -3.56. The number of rotatable bonds is 3. The molecular formula is C28H35NO2S. The molecule has 0 bridgehead atoms. The van der Waals surface area contributed by atoms with Crippen LogP contribution in [0.25, 0.3) is 6.08 Å². The van der Waals surface area contributed by atoms with Gasteiger partial charge in [0, 0.05) is 18.5 Å². The first kappa shape index (κ1) is 23.0. The van der Waals surface area contributed by atoms with Crippen molar-refractivity contribution in [1.82, 2.24) is 4.31 Å². The number of aryl methyl sites for hydroxylation is 1. The summed E-state index contributed by atoms with van der Waals surface area (Å²) in [6, 6.07) is 17.6. The molecule has 1 fully saturated rings. The second-order valence-electron chi connectivity index (χ2n) is 9.21.